The summed E-state index contributed by atoms with van der Waals surface area (Å²) in [5.41, 5.74) is 6.17. The topological polar surface area (TPSA) is 70.1 Å². The molecule has 2 aromatic rings. The molecule has 16 heavy (non-hydrogen) atoms. The molecule has 2 heterocycles. The Labute approximate surface area is 96.4 Å². The molecule has 0 spiro atoms. The Morgan fingerprint density at radius 3 is 3.12 bits per heavy atom. The van der Waals surface area contributed by atoms with E-state index < -0.39 is 5.97 Å². The number of esters is 1. The maximum atomic E-state index is 11.3. The van der Waals surface area contributed by atoms with E-state index in [1.807, 2.05) is 17.5 Å². The number of nitrogen functional groups attached to an aromatic ring is 1. The van der Waals surface area contributed by atoms with Crippen LogP contribution in [0.15, 0.2) is 23.7 Å². The van der Waals surface area contributed by atoms with Gasteiger partial charge in [-0.1, -0.05) is 6.07 Å². The van der Waals surface area contributed by atoms with Crippen molar-refractivity contribution in [3.05, 3.63) is 34.3 Å². The van der Waals surface area contributed by atoms with E-state index in [9.17, 15) is 4.79 Å². The number of methoxy groups -OCH3 is 1. The van der Waals surface area contributed by atoms with Crippen molar-refractivity contribution in [2.75, 3.05) is 12.8 Å². The van der Waals surface area contributed by atoms with Gasteiger partial charge in [0.05, 0.1) is 19.3 Å². The van der Waals surface area contributed by atoms with Crippen LogP contribution in [0.5, 0.6) is 0 Å². The first-order valence-electron chi connectivity index (χ1n) is 4.64. The van der Waals surface area contributed by atoms with Crippen LogP contribution in [0.3, 0.4) is 0 Å². The Morgan fingerprint density at radius 2 is 2.50 bits per heavy atom. The van der Waals surface area contributed by atoms with Gasteiger partial charge in [0.1, 0.15) is 0 Å². The fraction of sp³-hybridized carbons (Fsp3) is 0.200. The summed E-state index contributed by atoms with van der Waals surface area (Å²) in [4.78, 5) is 12.4. The summed E-state index contributed by atoms with van der Waals surface area (Å²) in [6.07, 6.45) is 1.63. The van der Waals surface area contributed by atoms with Gasteiger partial charge in [-0.15, -0.1) is 11.3 Å². The average molecular weight is 237 g/mol. The van der Waals surface area contributed by atoms with Gasteiger partial charge in [0.15, 0.2) is 5.69 Å². The summed E-state index contributed by atoms with van der Waals surface area (Å²) in [5, 5.41) is 6.07. The molecule has 0 aliphatic rings. The number of hydrogen-bond acceptors (Lipinski definition) is 5. The van der Waals surface area contributed by atoms with E-state index in [1.54, 1.807) is 22.2 Å². The van der Waals surface area contributed by atoms with Gasteiger partial charge in [-0.2, -0.15) is 5.10 Å². The Hall–Kier alpha value is -1.82. The minimum absolute atomic E-state index is 0.166. The van der Waals surface area contributed by atoms with Crippen LogP contribution in [-0.4, -0.2) is 22.9 Å². The van der Waals surface area contributed by atoms with Gasteiger partial charge in [0, 0.05) is 11.1 Å². The smallest absolute Gasteiger partial charge is 0.360 e. The van der Waals surface area contributed by atoms with Crippen LogP contribution in [0, 0.1) is 0 Å². The minimum atomic E-state index is -0.512. The third-order valence-corrected chi connectivity index (χ3v) is 2.93. The quantitative estimate of drug-likeness (QED) is 0.818. The highest BCUT2D eigenvalue weighted by Crippen LogP contribution is 2.14. The highest BCUT2D eigenvalue weighted by Gasteiger charge is 2.15. The number of hydrogen-bond donors (Lipinski definition) is 1. The molecular formula is C10H11N3O2S. The number of aromatic nitrogens is 2. The standard InChI is InChI=1S/C10H11N3O2S/c1-15-10(14)9-8(11)6-13(12-9)5-7-3-2-4-16-7/h2-4,6H,5,11H2,1H3. The number of nitrogens with two attached hydrogens (primary N) is 1. The Bertz CT molecular complexity index is 490. The largest absolute Gasteiger partial charge is 0.464 e. The van der Waals surface area contributed by atoms with E-state index in [-0.39, 0.29) is 5.69 Å². The zero-order chi connectivity index (χ0) is 11.5. The number of ether oxygens (including phenoxy) is 1. The van der Waals surface area contributed by atoms with Crippen molar-refractivity contribution in [1.29, 1.82) is 0 Å². The molecule has 0 aromatic carbocycles. The van der Waals surface area contributed by atoms with Crippen LogP contribution in [0.25, 0.3) is 0 Å². The molecular weight excluding hydrogens is 226 g/mol. The molecule has 2 aromatic heterocycles. The molecule has 0 saturated carbocycles. The Morgan fingerprint density at radius 1 is 1.69 bits per heavy atom. The van der Waals surface area contributed by atoms with Gasteiger partial charge in [-0.25, -0.2) is 4.79 Å². The van der Waals surface area contributed by atoms with Crippen LogP contribution >= 0.6 is 11.3 Å². The van der Waals surface area contributed by atoms with Gasteiger partial charge in [-0.05, 0) is 11.4 Å². The van der Waals surface area contributed by atoms with E-state index in [0.717, 1.165) is 4.88 Å². The van der Waals surface area contributed by atoms with E-state index in [1.165, 1.54) is 7.11 Å². The lowest BCUT2D eigenvalue weighted by Crippen LogP contribution is -2.06. The van der Waals surface area contributed by atoms with Crippen molar-refractivity contribution in [1.82, 2.24) is 9.78 Å². The number of carbonyl (C=O) groups is 1. The van der Waals surface area contributed by atoms with Crippen molar-refractivity contribution in [3.63, 3.8) is 0 Å². The summed E-state index contributed by atoms with van der Waals surface area (Å²) in [5.74, 6) is -0.512. The molecule has 0 saturated heterocycles. The summed E-state index contributed by atoms with van der Waals surface area (Å²) >= 11 is 1.63. The summed E-state index contributed by atoms with van der Waals surface area (Å²) in [7, 11) is 1.31. The van der Waals surface area contributed by atoms with Crippen molar-refractivity contribution in [3.8, 4) is 0 Å². The molecule has 0 aliphatic heterocycles. The molecule has 0 bridgehead atoms. The Kier molecular flexibility index (Phi) is 2.91. The van der Waals surface area contributed by atoms with Gasteiger partial charge in [0.25, 0.3) is 0 Å². The normalized spacial score (nSPS) is 10.3. The predicted molar refractivity (Wildman–Crippen MR) is 61.4 cm³/mol. The lowest BCUT2D eigenvalue weighted by Gasteiger charge is -1.97. The summed E-state index contributed by atoms with van der Waals surface area (Å²) < 4.78 is 6.21. The molecule has 6 heteroatoms. The van der Waals surface area contributed by atoms with E-state index >= 15 is 0 Å². The highest BCUT2D eigenvalue weighted by atomic mass is 32.1. The second-order valence-corrected chi connectivity index (χ2v) is 4.23. The van der Waals surface area contributed by atoms with Crippen LogP contribution in [0.2, 0.25) is 0 Å². The molecule has 0 aliphatic carbocycles. The van der Waals surface area contributed by atoms with E-state index in [4.69, 9.17) is 5.73 Å². The SMILES string of the molecule is COC(=O)c1nn(Cc2cccs2)cc1N. The summed E-state index contributed by atoms with van der Waals surface area (Å²) in [6.45, 7) is 0.610. The molecule has 0 atom stereocenters. The maximum Gasteiger partial charge on any atom is 0.360 e. The van der Waals surface area contributed by atoms with Crippen LogP contribution in [0.4, 0.5) is 5.69 Å². The minimum Gasteiger partial charge on any atom is -0.464 e. The van der Waals surface area contributed by atoms with Gasteiger partial charge in [0.2, 0.25) is 0 Å². The molecule has 0 amide bonds. The number of thiophene rings is 1. The molecule has 5 nitrogen and oxygen atoms in total. The Balaban J connectivity index is 2.21. The first-order chi connectivity index (χ1) is 7.70. The molecule has 0 fully saturated rings. The zero-order valence-electron chi connectivity index (χ0n) is 8.71. The second-order valence-electron chi connectivity index (χ2n) is 3.20. The summed E-state index contributed by atoms with van der Waals surface area (Å²) in [6, 6.07) is 3.97. The fourth-order valence-electron chi connectivity index (χ4n) is 1.34. The zero-order valence-corrected chi connectivity index (χ0v) is 9.53. The van der Waals surface area contributed by atoms with Crippen LogP contribution in [-0.2, 0) is 11.3 Å². The fourth-order valence-corrected chi connectivity index (χ4v) is 2.03. The van der Waals surface area contributed by atoms with Gasteiger partial charge < -0.3 is 10.5 Å². The predicted octanol–water partition coefficient (Wildman–Crippen LogP) is 1.36. The first kappa shape index (κ1) is 10.7. The van der Waals surface area contributed by atoms with Gasteiger partial charge in [-0.3, -0.25) is 4.68 Å². The molecule has 0 radical (unpaired) electrons. The molecule has 0 unspecified atom stereocenters. The third kappa shape index (κ3) is 2.06. The highest BCUT2D eigenvalue weighted by molar-refractivity contribution is 7.09. The third-order valence-electron chi connectivity index (χ3n) is 2.07. The van der Waals surface area contributed by atoms with Crippen LogP contribution in [0.1, 0.15) is 15.4 Å². The molecule has 2 N–H and O–H groups in total. The van der Waals surface area contributed by atoms with Crippen molar-refractivity contribution < 1.29 is 9.53 Å². The van der Waals surface area contributed by atoms with Crippen molar-refractivity contribution >= 4 is 23.0 Å². The maximum absolute atomic E-state index is 11.3. The number of nitrogens with zero attached hydrogens (tertiary/aromatic N) is 2. The van der Waals surface area contributed by atoms with Crippen molar-refractivity contribution in [2.24, 2.45) is 0 Å². The average Bonchev–Trinajstić information content (AvgIpc) is 2.88. The first-order valence-corrected chi connectivity index (χ1v) is 5.52. The molecule has 84 valence electrons. The van der Waals surface area contributed by atoms with E-state index in [0.29, 0.717) is 12.2 Å². The number of carbonyl (C=O) groups excluding carboxylic acids is 1. The van der Waals surface area contributed by atoms with Gasteiger partial charge >= 0.3 is 5.97 Å². The number of anilines is 1. The molecule has 2 rings (SSSR count). The monoisotopic (exact) mass is 237 g/mol. The number of rotatable bonds is 3. The van der Waals surface area contributed by atoms with Crippen molar-refractivity contribution in [2.45, 2.75) is 6.54 Å². The second kappa shape index (κ2) is 4.36. The lowest BCUT2D eigenvalue weighted by molar-refractivity contribution is 0.0594. The van der Waals surface area contributed by atoms with E-state index in [2.05, 4.69) is 9.84 Å². The van der Waals surface area contributed by atoms with Crippen LogP contribution < -0.4 is 5.73 Å². The lowest BCUT2D eigenvalue weighted by atomic mass is 10.4.